The van der Waals surface area contributed by atoms with E-state index in [-0.39, 0.29) is 0 Å². The van der Waals surface area contributed by atoms with Gasteiger partial charge in [0.25, 0.3) is 0 Å². The monoisotopic (exact) mass is 516 g/mol. The Hall–Kier alpha value is -4.64. The van der Waals surface area contributed by atoms with Crippen molar-refractivity contribution in [2.45, 2.75) is 25.9 Å². The second kappa shape index (κ2) is 11.0. The Morgan fingerprint density at radius 1 is 0.615 bits per heavy atom. The van der Waals surface area contributed by atoms with Gasteiger partial charge in [-0.05, 0) is 72.5 Å². The molecular formula is C34H32N2O3. The molecule has 5 nitrogen and oxygen atoms in total. The zero-order valence-electron chi connectivity index (χ0n) is 22.0. The molecule has 2 aliphatic heterocycles. The number of benzene rings is 4. The van der Waals surface area contributed by atoms with Crippen molar-refractivity contribution in [3.63, 3.8) is 0 Å². The molecule has 0 aliphatic carbocycles. The van der Waals surface area contributed by atoms with Crippen LogP contribution in [0.25, 0.3) is 0 Å². The molecule has 0 aromatic heterocycles. The van der Waals surface area contributed by atoms with Gasteiger partial charge in [-0.1, -0.05) is 48.6 Å². The lowest BCUT2D eigenvalue weighted by molar-refractivity contribution is 0.286. The lowest BCUT2D eigenvalue weighted by Gasteiger charge is -2.32. The van der Waals surface area contributed by atoms with E-state index in [1.54, 1.807) is 0 Å². The molecule has 5 heteroatoms. The maximum absolute atomic E-state index is 6.14. The van der Waals surface area contributed by atoms with Crippen LogP contribution in [-0.4, -0.2) is 13.5 Å². The number of hydrogen-bond donors (Lipinski definition) is 0. The van der Waals surface area contributed by atoms with Gasteiger partial charge in [0.2, 0.25) is 0 Å². The minimum Gasteiger partial charge on any atom is -0.472 e. The van der Waals surface area contributed by atoms with Crippen LogP contribution in [0.4, 0.5) is 11.4 Å². The van der Waals surface area contributed by atoms with Crippen LogP contribution in [0.3, 0.4) is 0 Å². The van der Waals surface area contributed by atoms with Gasteiger partial charge in [-0.25, -0.2) is 0 Å². The third-order valence-electron chi connectivity index (χ3n) is 7.18. The molecule has 2 heterocycles. The van der Waals surface area contributed by atoms with Gasteiger partial charge in [-0.3, -0.25) is 0 Å². The molecule has 0 fully saturated rings. The number of allylic oxidation sites excluding steroid dienone is 2. The van der Waals surface area contributed by atoms with Crippen LogP contribution < -0.4 is 24.0 Å². The fourth-order valence-corrected chi connectivity index (χ4v) is 5.23. The highest BCUT2D eigenvalue weighted by Crippen LogP contribution is 2.35. The van der Waals surface area contributed by atoms with Gasteiger partial charge in [-0.2, -0.15) is 0 Å². The first-order chi connectivity index (χ1) is 19.2. The van der Waals surface area contributed by atoms with E-state index < -0.39 is 0 Å². The summed E-state index contributed by atoms with van der Waals surface area (Å²) in [5, 5.41) is 0. The second-order valence-electron chi connectivity index (χ2n) is 9.83. The van der Waals surface area contributed by atoms with Crippen molar-refractivity contribution in [2.24, 2.45) is 0 Å². The van der Waals surface area contributed by atoms with Crippen LogP contribution in [0.2, 0.25) is 0 Å². The zero-order chi connectivity index (χ0) is 26.6. The average molecular weight is 517 g/mol. The summed E-state index contributed by atoms with van der Waals surface area (Å²) < 4.78 is 18.4. The molecule has 196 valence electrons. The quantitative estimate of drug-likeness (QED) is 0.225. The highest BCUT2D eigenvalue weighted by Gasteiger charge is 2.21. The molecule has 0 saturated heterocycles. The van der Waals surface area contributed by atoms with Gasteiger partial charge in [0, 0.05) is 35.6 Å². The number of fused-ring (bicyclic) bond motifs is 2. The highest BCUT2D eigenvalue weighted by atomic mass is 16.5. The smallest absolute Gasteiger partial charge is 0.161 e. The maximum atomic E-state index is 6.14. The number of hydrogen-bond acceptors (Lipinski definition) is 5. The molecule has 0 radical (unpaired) electrons. The van der Waals surface area contributed by atoms with E-state index in [0.29, 0.717) is 13.5 Å². The van der Waals surface area contributed by atoms with Gasteiger partial charge >= 0.3 is 0 Å². The van der Waals surface area contributed by atoms with Gasteiger partial charge in [0.1, 0.15) is 23.0 Å². The summed E-state index contributed by atoms with van der Waals surface area (Å²) in [6.45, 7) is 10.4. The largest absolute Gasteiger partial charge is 0.472 e. The van der Waals surface area contributed by atoms with Crippen molar-refractivity contribution < 1.29 is 14.2 Å². The van der Waals surface area contributed by atoms with Crippen LogP contribution in [-0.2, 0) is 25.9 Å². The van der Waals surface area contributed by atoms with Crippen molar-refractivity contribution in [3.8, 4) is 23.0 Å². The van der Waals surface area contributed by atoms with Crippen LogP contribution >= 0.6 is 0 Å². The first kappa shape index (κ1) is 24.7. The first-order valence-corrected chi connectivity index (χ1v) is 13.3. The van der Waals surface area contributed by atoms with Crippen LogP contribution in [0.1, 0.15) is 22.3 Å². The Morgan fingerprint density at radius 2 is 1.05 bits per heavy atom. The fraction of sp³-hybridized carbons (Fsp3) is 0.176. The normalized spacial score (nSPS) is 13.9. The van der Waals surface area contributed by atoms with E-state index in [2.05, 4.69) is 83.6 Å². The fourth-order valence-electron chi connectivity index (χ4n) is 5.23. The molecule has 0 N–H and O–H groups in total. The summed E-state index contributed by atoms with van der Waals surface area (Å²) in [5.74, 6) is 3.58. The van der Waals surface area contributed by atoms with Crippen molar-refractivity contribution in [1.29, 1.82) is 0 Å². The number of nitrogens with zero attached hydrogens (tertiary/aromatic N) is 2. The molecule has 0 spiro atoms. The molecule has 4 aromatic rings. The first-order valence-electron chi connectivity index (χ1n) is 13.3. The molecule has 4 aromatic carbocycles. The predicted octanol–water partition coefficient (Wildman–Crippen LogP) is 7.65. The number of rotatable bonds is 8. The summed E-state index contributed by atoms with van der Waals surface area (Å²) in [7, 11) is 0. The van der Waals surface area contributed by atoms with E-state index in [1.807, 2.05) is 36.4 Å². The van der Waals surface area contributed by atoms with Crippen LogP contribution in [0, 0.1) is 0 Å². The van der Waals surface area contributed by atoms with E-state index in [4.69, 9.17) is 14.2 Å². The molecule has 0 atom stereocenters. The van der Waals surface area contributed by atoms with E-state index in [0.717, 1.165) is 60.3 Å². The molecule has 0 amide bonds. The van der Waals surface area contributed by atoms with Crippen molar-refractivity contribution in [2.75, 3.05) is 23.3 Å². The Morgan fingerprint density at radius 3 is 1.46 bits per heavy atom. The topological polar surface area (TPSA) is 34.2 Å². The second-order valence-corrected chi connectivity index (χ2v) is 9.83. The molecular weight excluding hydrogens is 484 g/mol. The molecule has 0 unspecified atom stereocenters. The molecule has 39 heavy (non-hydrogen) atoms. The number of para-hydroxylation sites is 2. The Labute approximate surface area is 230 Å². The summed E-state index contributed by atoms with van der Waals surface area (Å²) in [4.78, 5) is 4.44. The third kappa shape index (κ3) is 5.21. The lowest BCUT2D eigenvalue weighted by atomic mass is 10.0. The maximum Gasteiger partial charge on any atom is 0.161 e. The Balaban J connectivity index is 1.08. The minimum atomic E-state index is 0.517. The predicted molar refractivity (Wildman–Crippen MR) is 157 cm³/mol. The summed E-state index contributed by atoms with van der Waals surface area (Å²) in [6.07, 6.45) is 5.46. The lowest BCUT2D eigenvalue weighted by Crippen LogP contribution is -2.32. The average Bonchev–Trinajstić information content (AvgIpc) is 2.98. The van der Waals surface area contributed by atoms with E-state index in [9.17, 15) is 0 Å². The van der Waals surface area contributed by atoms with E-state index in [1.165, 1.54) is 22.3 Å². The van der Waals surface area contributed by atoms with E-state index >= 15 is 0 Å². The van der Waals surface area contributed by atoms with Crippen LogP contribution in [0.5, 0.6) is 23.0 Å². The van der Waals surface area contributed by atoms with Crippen molar-refractivity contribution in [1.82, 2.24) is 0 Å². The minimum absolute atomic E-state index is 0.517. The van der Waals surface area contributed by atoms with Gasteiger partial charge in [0.15, 0.2) is 13.5 Å². The molecule has 2 aliphatic rings. The summed E-state index contributed by atoms with van der Waals surface area (Å²) in [5.41, 5.74) is 6.96. The van der Waals surface area contributed by atoms with Gasteiger partial charge in [0.05, 0.1) is 0 Å². The Bertz CT molecular complexity index is 1360. The summed E-state index contributed by atoms with van der Waals surface area (Å²) in [6, 6.07) is 29.0. The molecule has 0 saturated carbocycles. The highest BCUT2D eigenvalue weighted by molar-refractivity contribution is 5.56. The summed E-state index contributed by atoms with van der Waals surface area (Å²) >= 11 is 0. The van der Waals surface area contributed by atoms with Gasteiger partial charge in [-0.15, -0.1) is 13.2 Å². The zero-order valence-corrected chi connectivity index (χ0v) is 22.0. The third-order valence-corrected chi connectivity index (χ3v) is 7.18. The van der Waals surface area contributed by atoms with Crippen molar-refractivity contribution >= 4 is 11.4 Å². The van der Waals surface area contributed by atoms with Crippen LogP contribution in [0.15, 0.2) is 110 Å². The molecule has 6 rings (SSSR count). The standard InChI is InChI=1S/C34H32N2O3/c1-3-7-25-9-5-11-27-21-35(23-37-33(25)27)29-13-17-31(18-14-29)39-32-19-15-30(16-20-32)36-22-28-12-6-10-26(8-4-2)34(28)38-24-36/h3-6,9-20H,1-2,7-8,21-24H2. The Kier molecular flexibility index (Phi) is 6.96. The van der Waals surface area contributed by atoms with Crippen molar-refractivity contribution in [3.05, 3.63) is 132 Å². The SMILES string of the molecule is C=CCc1cccc2c1OCN(c1ccc(Oc3ccc(N4COc5c(CC=C)cccc5C4)cc3)cc1)C2. The number of ether oxygens (including phenoxy) is 3. The molecule has 0 bridgehead atoms. The van der Waals surface area contributed by atoms with Gasteiger partial charge < -0.3 is 24.0 Å². The number of anilines is 2.